The molecule has 0 aromatic heterocycles. The maximum Gasteiger partial charge on any atom is 0.353 e. The van der Waals surface area contributed by atoms with Crippen LogP contribution in [0, 0.1) is 11.8 Å². The zero-order valence-corrected chi connectivity index (χ0v) is 15.2. The van der Waals surface area contributed by atoms with Gasteiger partial charge in [0.25, 0.3) is 0 Å². The van der Waals surface area contributed by atoms with Gasteiger partial charge in [-0.15, -0.1) is 11.8 Å². The van der Waals surface area contributed by atoms with Gasteiger partial charge in [0, 0.05) is 29.7 Å². The Morgan fingerprint density at radius 1 is 1.44 bits per heavy atom. The third-order valence-electron chi connectivity index (χ3n) is 5.26. The van der Waals surface area contributed by atoms with E-state index in [0.717, 1.165) is 0 Å². The van der Waals surface area contributed by atoms with Crippen molar-refractivity contribution < 1.29 is 24.6 Å². The number of β-lactam (4-membered cyclic amide) rings is 1. The first-order valence-corrected chi connectivity index (χ1v) is 9.26. The van der Waals surface area contributed by atoms with Crippen molar-refractivity contribution in [1.82, 2.24) is 15.5 Å². The van der Waals surface area contributed by atoms with Crippen LogP contribution in [0.1, 0.15) is 20.3 Å². The minimum atomic E-state index is -1.12. The average Bonchev–Trinajstić information content (AvgIpc) is 3.10. The largest absolute Gasteiger partial charge is 0.477 e. The molecule has 25 heavy (non-hydrogen) atoms. The standard InChI is InChI=1S/C16H23N3O5S/c1-6-11-10(7(2)20)15(22)19(11)12(16(23)24)13(6)25-8-4-9(18-5-8)14(21)17-3/h6-11,18,20H,4-5H2,1-3H3,(H,17,21)(H,23,24). The molecule has 0 aliphatic carbocycles. The molecule has 3 aliphatic rings. The molecule has 2 fully saturated rings. The fourth-order valence-corrected chi connectivity index (χ4v) is 5.50. The first-order chi connectivity index (χ1) is 11.8. The summed E-state index contributed by atoms with van der Waals surface area (Å²) in [5.41, 5.74) is 0.0350. The van der Waals surface area contributed by atoms with Crippen LogP contribution in [0.2, 0.25) is 0 Å². The van der Waals surface area contributed by atoms with Gasteiger partial charge >= 0.3 is 5.97 Å². The maximum atomic E-state index is 12.3. The van der Waals surface area contributed by atoms with E-state index in [1.807, 2.05) is 6.92 Å². The number of aliphatic hydroxyl groups is 1. The summed E-state index contributed by atoms with van der Waals surface area (Å²) in [5, 5.41) is 25.3. The first-order valence-electron chi connectivity index (χ1n) is 8.38. The minimum Gasteiger partial charge on any atom is -0.477 e. The topological polar surface area (TPSA) is 119 Å². The van der Waals surface area contributed by atoms with Crippen molar-refractivity contribution in [3.63, 3.8) is 0 Å². The van der Waals surface area contributed by atoms with Gasteiger partial charge in [0.15, 0.2) is 0 Å². The van der Waals surface area contributed by atoms with Gasteiger partial charge in [-0.1, -0.05) is 6.92 Å². The molecule has 2 amide bonds. The Balaban J connectivity index is 1.80. The van der Waals surface area contributed by atoms with Crippen LogP contribution in [-0.4, -0.2) is 69.9 Å². The molecule has 138 valence electrons. The van der Waals surface area contributed by atoms with Crippen molar-refractivity contribution in [3.8, 4) is 0 Å². The molecule has 0 radical (unpaired) electrons. The molecule has 6 unspecified atom stereocenters. The number of carboxylic acid groups (broad SMARTS) is 1. The molecule has 0 spiro atoms. The molecule has 0 aromatic rings. The van der Waals surface area contributed by atoms with Crippen LogP contribution < -0.4 is 10.6 Å². The molecule has 3 aliphatic heterocycles. The predicted molar refractivity (Wildman–Crippen MR) is 91.5 cm³/mol. The summed E-state index contributed by atoms with van der Waals surface area (Å²) in [6.45, 7) is 4.06. The van der Waals surface area contributed by atoms with E-state index >= 15 is 0 Å². The number of carbonyl (C=O) groups is 3. The monoisotopic (exact) mass is 369 g/mol. The number of fused-ring (bicyclic) bond motifs is 1. The molecule has 6 atom stereocenters. The quantitative estimate of drug-likeness (QED) is 0.476. The molecular formula is C16H23N3O5S. The molecule has 3 heterocycles. The second-order valence-electron chi connectivity index (χ2n) is 6.82. The second-order valence-corrected chi connectivity index (χ2v) is 8.16. The molecule has 3 rings (SSSR count). The number of aliphatic hydroxyl groups excluding tert-OH is 1. The fourth-order valence-electron chi connectivity index (χ4n) is 4.03. The van der Waals surface area contributed by atoms with Gasteiger partial charge < -0.3 is 25.7 Å². The van der Waals surface area contributed by atoms with Gasteiger partial charge in [-0.05, 0) is 13.3 Å². The van der Waals surface area contributed by atoms with Crippen LogP contribution in [0.4, 0.5) is 0 Å². The van der Waals surface area contributed by atoms with Crippen molar-refractivity contribution >= 4 is 29.5 Å². The SMILES string of the molecule is CNC(=O)C1CC(SC2=C(C(=O)O)N3C(=O)C(C(C)O)C3C2C)CN1. The summed E-state index contributed by atoms with van der Waals surface area (Å²) >= 11 is 1.44. The Kier molecular flexibility index (Phi) is 4.82. The lowest BCUT2D eigenvalue weighted by Crippen LogP contribution is -2.63. The third kappa shape index (κ3) is 2.84. The van der Waals surface area contributed by atoms with E-state index in [4.69, 9.17) is 0 Å². The minimum absolute atomic E-state index is 0.0350. The van der Waals surface area contributed by atoms with Crippen LogP contribution in [0.25, 0.3) is 0 Å². The Morgan fingerprint density at radius 3 is 2.68 bits per heavy atom. The van der Waals surface area contributed by atoms with E-state index < -0.39 is 18.0 Å². The van der Waals surface area contributed by atoms with Crippen molar-refractivity contribution in [2.45, 2.75) is 43.7 Å². The highest BCUT2D eigenvalue weighted by Gasteiger charge is 2.60. The number of hydrogen-bond donors (Lipinski definition) is 4. The lowest BCUT2D eigenvalue weighted by molar-refractivity contribution is -0.163. The third-order valence-corrected chi connectivity index (χ3v) is 6.77. The van der Waals surface area contributed by atoms with Gasteiger partial charge in [0.1, 0.15) is 5.70 Å². The molecule has 0 saturated carbocycles. The molecule has 4 N–H and O–H groups in total. The van der Waals surface area contributed by atoms with Crippen LogP contribution in [0.5, 0.6) is 0 Å². The summed E-state index contributed by atoms with van der Waals surface area (Å²) < 4.78 is 0. The molecule has 9 heteroatoms. The normalized spacial score (nSPS) is 35.4. The number of carboxylic acids is 1. The van der Waals surface area contributed by atoms with Gasteiger partial charge in [0.05, 0.1) is 24.1 Å². The van der Waals surface area contributed by atoms with E-state index in [2.05, 4.69) is 10.6 Å². The molecule has 8 nitrogen and oxygen atoms in total. The highest BCUT2D eigenvalue weighted by molar-refractivity contribution is 8.03. The summed E-state index contributed by atoms with van der Waals surface area (Å²) in [5.74, 6) is -2.23. The molecule has 0 bridgehead atoms. The second kappa shape index (κ2) is 6.62. The van der Waals surface area contributed by atoms with Gasteiger partial charge in [-0.2, -0.15) is 0 Å². The Morgan fingerprint density at radius 2 is 2.12 bits per heavy atom. The Hall–Kier alpha value is -1.58. The lowest BCUT2D eigenvalue weighted by atomic mass is 9.79. The van der Waals surface area contributed by atoms with Crippen LogP contribution in [-0.2, 0) is 14.4 Å². The summed E-state index contributed by atoms with van der Waals surface area (Å²) in [6, 6.07) is -0.581. The number of amides is 2. The van der Waals surface area contributed by atoms with E-state index in [1.165, 1.54) is 16.7 Å². The van der Waals surface area contributed by atoms with Crippen molar-refractivity contribution in [2.75, 3.05) is 13.6 Å². The number of likely N-dealkylation sites (N-methyl/N-ethyl adjacent to an activating group) is 1. The van der Waals surface area contributed by atoms with Crippen molar-refractivity contribution in [3.05, 3.63) is 10.6 Å². The van der Waals surface area contributed by atoms with Crippen LogP contribution in [0.15, 0.2) is 10.6 Å². The van der Waals surface area contributed by atoms with Gasteiger partial charge in [-0.3, -0.25) is 9.59 Å². The van der Waals surface area contributed by atoms with Crippen LogP contribution >= 0.6 is 11.8 Å². The van der Waals surface area contributed by atoms with Gasteiger partial charge in [-0.25, -0.2) is 4.79 Å². The molecular weight excluding hydrogens is 346 g/mol. The van der Waals surface area contributed by atoms with Gasteiger partial charge in [0.2, 0.25) is 11.8 Å². The fraction of sp³-hybridized carbons (Fsp3) is 0.688. The smallest absolute Gasteiger partial charge is 0.353 e. The zero-order chi connectivity index (χ0) is 18.5. The van der Waals surface area contributed by atoms with Crippen LogP contribution in [0.3, 0.4) is 0 Å². The summed E-state index contributed by atoms with van der Waals surface area (Å²) in [7, 11) is 1.58. The Bertz CT molecular complexity index is 650. The summed E-state index contributed by atoms with van der Waals surface area (Å²) in [6.07, 6.45) is -0.201. The number of nitrogens with zero attached hydrogens (tertiary/aromatic N) is 1. The number of rotatable bonds is 5. The first kappa shape index (κ1) is 18.2. The van der Waals surface area contributed by atoms with E-state index in [-0.39, 0.29) is 40.8 Å². The number of thioether (sulfide) groups is 1. The predicted octanol–water partition coefficient (Wildman–Crippen LogP) is -0.650. The van der Waals surface area contributed by atoms with Crippen molar-refractivity contribution in [1.29, 1.82) is 0 Å². The molecule has 2 saturated heterocycles. The highest BCUT2D eigenvalue weighted by Crippen LogP contribution is 2.51. The van der Waals surface area contributed by atoms with Crippen molar-refractivity contribution in [2.24, 2.45) is 11.8 Å². The number of carbonyl (C=O) groups excluding carboxylic acids is 2. The zero-order valence-electron chi connectivity index (χ0n) is 14.4. The molecule has 0 aromatic carbocycles. The Labute approximate surface area is 150 Å². The van der Waals surface area contributed by atoms with E-state index in [0.29, 0.717) is 17.9 Å². The average molecular weight is 369 g/mol. The maximum absolute atomic E-state index is 12.3. The highest BCUT2D eigenvalue weighted by atomic mass is 32.2. The summed E-state index contributed by atoms with van der Waals surface area (Å²) in [4.78, 5) is 37.8. The number of nitrogens with one attached hydrogen (secondary N) is 2. The van der Waals surface area contributed by atoms with E-state index in [1.54, 1.807) is 14.0 Å². The lowest BCUT2D eigenvalue weighted by Gasteiger charge is -2.46. The number of hydrogen-bond acceptors (Lipinski definition) is 6. The number of aliphatic carboxylic acids is 1. The van der Waals surface area contributed by atoms with E-state index in [9.17, 15) is 24.6 Å².